The lowest BCUT2D eigenvalue weighted by atomic mass is 9.57. The molecule has 4 fully saturated rings. The largest absolute Gasteiger partial charge is 0.427 e. The zero-order valence-electron chi connectivity index (χ0n) is 18.5. The Kier molecular flexibility index (Phi) is 6.61. The van der Waals surface area contributed by atoms with Crippen LogP contribution in [-0.2, 0) is 23.9 Å². The fourth-order valence-electron chi connectivity index (χ4n) is 4.81. The molecule has 4 rings (SSSR count). The summed E-state index contributed by atoms with van der Waals surface area (Å²) in [6, 6.07) is 1.30. The number of carbonyl (C=O) groups excluding carboxylic acids is 3. The van der Waals surface area contributed by atoms with Crippen LogP contribution in [0.15, 0.2) is 0 Å². The van der Waals surface area contributed by atoms with Crippen LogP contribution in [0.25, 0.3) is 0 Å². The molecule has 0 aromatic carbocycles. The number of carbonyl (C=O) groups is 3. The monoisotopic (exact) mass is 437 g/mol. The van der Waals surface area contributed by atoms with Crippen molar-refractivity contribution in [2.45, 2.75) is 83.5 Å². The van der Waals surface area contributed by atoms with Crippen LogP contribution in [0, 0.1) is 22.2 Å². The maximum atomic E-state index is 13.6. The fourth-order valence-corrected chi connectivity index (χ4v) is 4.81. The van der Waals surface area contributed by atoms with E-state index in [9.17, 15) is 18.8 Å². The molecule has 1 saturated heterocycles. The predicted molar refractivity (Wildman–Crippen MR) is 108 cm³/mol. The minimum Gasteiger partial charge on any atom is -0.427 e. The van der Waals surface area contributed by atoms with Crippen LogP contribution in [0.1, 0.15) is 65.7 Å². The summed E-state index contributed by atoms with van der Waals surface area (Å²) in [5.74, 6) is -1.02. The van der Waals surface area contributed by atoms with E-state index in [1.807, 2.05) is 6.07 Å². The average Bonchev–Trinajstić information content (AvgIpc) is 3.13. The van der Waals surface area contributed by atoms with Crippen LogP contribution in [0.3, 0.4) is 0 Å². The molecule has 31 heavy (non-hydrogen) atoms. The molecular weight excluding hydrogens is 405 g/mol. The molecule has 1 heterocycles. The quantitative estimate of drug-likeness (QED) is 0.501. The molecule has 172 valence electrons. The van der Waals surface area contributed by atoms with Gasteiger partial charge in [0, 0.05) is 12.0 Å². The Morgan fingerprint density at radius 3 is 2.29 bits per heavy atom. The first-order valence-electron chi connectivity index (χ1n) is 10.9. The van der Waals surface area contributed by atoms with Crippen molar-refractivity contribution in [1.29, 1.82) is 5.26 Å². The van der Waals surface area contributed by atoms with Gasteiger partial charge in [0.15, 0.2) is 0 Å². The molecule has 0 aromatic rings. The van der Waals surface area contributed by atoms with Gasteiger partial charge >= 0.3 is 11.9 Å². The number of hydrogen-bond acceptors (Lipinski definition) is 7. The standard InChI is InChI=1S/C22H32FN3O5/c1-20(2,3)18(28)30-14-31-19(29)21-4-7-22(8-5-21,9-6-21)25-12-17(27)26-13-15(23)10-16(26)11-24/h15-16,25H,4-10,12-14H2,1-3H3/t15-,16-,21?,22?/m0/s1. The second-order valence-corrected chi connectivity index (χ2v) is 10.2. The second kappa shape index (κ2) is 8.73. The number of nitrogens with zero attached hydrogens (tertiary/aromatic N) is 2. The molecule has 0 spiro atoms. The third-order valence-corrected chi connectivity index (χ3v) is 7.01. The highest BCUT2D eigenvalue weighted by molar-refractivity contribution is 5.80. The van der Waals surface area contributed by atoms with Crippen LogP contribution in [0.4, 0.5) is 4.39 Å². The van der Waals surface area contributed by atoms with Crippen molar-refractivity contribution in [3.05, 3.63) is 0 Å². The Labute approximate surface area is 182 Å². The normalized spacial score (nSPS) is 32.4. The zero-order chi connectivity index (χ0) is 22.9. The molecule has 0 aromatic heterocycles. The first kappa shape index (κ1) is 23.5. The predicted octanol–water partition coefficient (Wildman–Crippen LogP) is 2.22. The number of fused-ring (bicyclic) bond motifs is 3. The Balaban J connectivity index is 1.47. The van der Waals surface area contributed by atoms with Gasteiger partial charge in [-0.05, 0) is 59.3 Å². The number of hydrogen-bond donors (Lipinski definition) is 1. The van der Waals surface area contributed by atoms with E-state index in [2.05, 4.69) is 5.32 Å². The van der Waals surface area contributed by atoms with Crippen molar-refractivity contribution in [2.24, 2.45) is 10.8 Å². The van der Waals surface area contributed by atoms with E-state index in [1.165, 1.54) is 4.90 Å². The molecule has 3 saturated carbocycles. The topological polar surface area (TPSA) is 109 Å². The Bertz CT molecular complexity index is 748. The third-order valence-electron chi connectivity index (χ3n) is 7.01. The van der Waals surface area contributed by atoms with Gasteiger partial charge in [0.25, 0.3) is 0 Å². The van der Waals surface area contributed by atoms with Gasteiger partial charge in [0.05, 0.1) is 30.0 Å². The molecule has 1 N–H and O–H groups in total. The summed E-state index contributed by atoms with van der Waals surface area (Å²) < 4.78 is 23.9. The van der Waals surface area contributed by atoms with Crippen molar-refractivity contribution in [3.8, 4) is 6.07 Å². The van der Waals surface area contributed by atoms with E-state index in [4.69, 9.17) is 14.7 Å². The maximum Gasteiger partial charge on any atom is 0.314 e. The third kappa shape index (κ3) is 5.00. The molecule has 0 radical (unpaired) electrons. The average molecular weight is 438 g/mol. The van der Waals surface area contributed by atoms with Gasteiger partial charge in [0.2, 0.25) is 12.7 Å². The van der Waals surface area contributed by atoms with Gasteiger partial charge < -0.3 is 19.7 Å². The summed E-state index contributed by atoms with van der Waals surface area (Å²) in [6.07, 6.45) is 3.01. The van der Waals surface area contributed by atoms with Gasteiger partial charge in [0.1, 0.15) is 12.2 Å². The van der Waals surface area contributed by atoms with E-state index in [-0.39, 0.29) is 43.7 Å². The summed E-state index contributed by atoms with van der Waals surface area (Å²) in [5.41, 5.74) is -1.45. The summed E-state index contributed by atoms with van der Waals surface area (Å²) >= 11 is 0. The maximum absolute atomic E-state index is 13.6. The Morgan fingerprint density at radius 1 is 1.13 bits per heavy atom. The molecule has 2 atom stereocenters. The van der Waals surface area contributed by atoms with Crippen molar-refractivity contribution < 1.29 is 28.2 Å². The number of likely N-dealkylation sites (tertiary alicyclic amines) is 1. The van der Waals surface area contributed by atoms with Crippen molar-refractivity contribution in [3.63, 3.8) is 0 Å². The van der Waals surface area contributed by atoms with Crippen LogP contribution >= 0.6 is 0 Å². The number of nitriles is 1. The second-order valence-electron chi connectivity index (χ2n) is 10.2. The molecule has 1 aliphatic heterocycles. The highest BCUT2D eigenvalue weighted by Gasteiger charge is 2.53. The number of amides is 1. The SMILES string of the molecule is CC(C)(C)C(=O)OCOC(=O)C12CCC(NCC(=O)N3C[C@@H](F)C[C@H]3C#N)(CC1)CC2. The smallest absolute Gasteiger partial charge is 0.314 e. The van der Waals surface area contributed by atoms with Crippen molar-refractivity contribution in [1.82, 2.24) is 10.2 Å². The van der Waals surface area contributed by atoms with Crippen molar-refractivity contribution >= 4 is 17.8 Å². The van der Waals surface area contributed by atoms with Crippen LogP contribution < -0.4 is 5.32 Å². The summed E-state index contributed by atoms with van der Waals surface area (Å²) in [5, 5.41) is 12.5. The number of rotatable bonds is 6. The molecule has 2 bridgehead atoms. The first-order chi connectivity index (χ1) is 14.5. The van der Waals surface area contributed by atoms with Crippen LogP contribution in [0.2, 0.25) is 0 Å². The van der Waals surface area contributed by atoms with Crippen LogP contribution in [0.5, 0.6) is 0 Å². The Morgan fingerprint density at radius 2 is 1.74 bits per heavy atom. The summed E-state index contributed by atoms with van der Waals surface area (Å²) in [4.78, 5) is 38.3. The summed E-state index contributed by atoms with van der Waals surface area (Å²) in [6.45, 7) is 4.85. The fraction of sp³-hybridized carbons (Fsp3) is 0.818. The van der Waals surface area contributed by atoms with Gasteiger partial charge in [-0.25, -0.2) is 4.39 Å². The van der Waals surface area contributed by atoms with E-state index >= 15 is 0 Å². The molecule has 0 unspecified atom stereocenters. The number of alkyl halides is 1. The molecule has 8 nitrogen and oxygen atoms in total. The number of nitrogens with one attached hydrogen (secondary N) is 1. The van der Waals surface area contributed by atoms with Gasteiger partial charge in [-0.2, -0.15) is 5.26 Å². The van der Waals surface area contributed by atoms with Crippen LogP contribution in [-0.4, -0.2) is 60.4 Å². The number of ether oxygens (including phenoxy) is 2. The molecule has 3 aliphatic carbocycles. The lowest BCUT2D eigenvalue weighted by molar-refractivity contribution is -0.184. The lowest BCUT2D eigenvalue weighted by Crippen LogP contribution is -2.59. The molecule has 1 amide bonds. The number of esters is 2. The van der Waals surface area contributed by atoms with Gasteiger partial charge in [-0.1, -0.05) is 0 Å². The first-order valence-corrected chi connectivity index (χ1v) is 10.9. The van der Waals surface area contributed by atoms with E-state index in [0.29, 0.717) is 19.3 Å². The molecule has 4 aliphatic rings. The van der Waals surface area contributed by atoms with E-state index in [1.54, 1.807) is 20.8 Å². The highest BCUT2D eigenvalue weighted by atomic mass is 19.1. The lowest BCUT2D eigenvalue weighted by Gasteiger charge is -2.52. The van der Waals surface area contributed by atoms with Gasteiger partial charge in [-0.15, -0.1) is 0 Å². The molecular formula is C22H32FN3O5. The van der Waals surface area contributed by atoms with Crippen molar-refractivity contribution in [2.75, 3.05) is 19.9 Å². The minimum atomic E-state index is -1.15. The minimum absolute atomic E-state index is 0.0273. The zero-order valence-corrected chi connectivity index (χ0v) is 18.5. The Hall–Kier alpha value is -2.21. The van der Waals surface area contributed by atoms with E-state index < -0.39 is 29.0 Å². The van der Waals surface area contributed by atoms with E-state index in [0.717, 1.165) is 19.3 Å². The summed E-state index contributed by atoms with van der Waals surface area (Å²) in [7, 11) is 0. The highest BCUT2D eigenvalue weighted by Crippen LogP contribution is 2.53. The molecule has 9 heteroatoms. The van der Waals surface area contributed by atoms with Gasteiger partial charge in [-0.3, -0.25) is 14.4 Å². The number of halogens is 1.